The highest BCUT2D eigenvalue weighted by molar-refractivity contribution is 5.18. The Labute approximate surface area is 154 Å². The summed E-state index contributed by atoms with van der Waals surface area (Å²) in [6.45, 7) is 5.63. The standard InChI is InChI=1S/C21H27F2N3/c1-15-11-24-21(17-5-2-6-17)26(15)13-16-4-3-9-25(12-16)14-18-7-8-19(22)10-20(18)23/h7-8,10-11,16-17H,2-6,9,12-14H2,1H3. The fraction of sp³-hybridized carbons (Fsp3) is 0.571. The molecule has 2 aliphatic rings. The van der Waals surface area contributed by atoms with Crippen molar-refractivity contribution in [3.63, 3.8) is 0 Å². The highest BCUT2D eigenvalue weighted by Crippen LogP contribution is 2.36. The van der Waals surface area contributed by atoms with Gasteiger partial charge in [-0.25, -0.2) is 13.8 Å². The van der Waals surface area contributed by atoms with Crippen LogP contribution in [0.2, 0.25) is 0 Å². The third-order valence-corrected chi connectivity index (χ3v) is 6.01. The van der Waals surface area contributed by atoms with Crippen LogP contribution in [0.15, 0.2) is 24.4 Å². The molecule has 1 aromatic heterocycles. The molecule has 2 fully saturated rings. The molecular weight excluding hydrogens is 332 g/mol. The summed E-state index contributed by atoms with van der Waals surface area (Å²) >= 11 is 0. The maximum Gasteiger partial charge on any atom is 0.130 e. The molecule has 0 radical (unpaired) electrons. The largest absolute Gasteiger partial charge is 0.332 e. The Balaban J connectivity index is 1.42. The Kier molecular flexibility index (Phi) is 5.07. The normalized spacial score (nSPS) is 21.7. The molecule has 1 aliphatic carbocycles. The Morgan fingerprint density at radius 3 is 2.73 bits per heavy atom. The summed E-state index contributed by atoms with van der Waals surface area (Å²) in [6, 6.07) is 3.90. The molecule has 2 heterocycles. The van der Waals surface area contributed by atoms with Gasteiger partial charge >= 0.3 is 0 Å². The van der Waals surface area contributed by atoms with Crippen molar-refractivity contribution in [1.82, 2.24) is 14.5 Å². The number of piperidine rings is 1. The van der Waals surface area contributed by atoms with E-state index < -0.39 is 11.6 Å². The molecule has 140 valence electrons. The lowest BCUT2D eigenvalue weighted by atomic mass is 9.84. The fourth-order valence-electron chi connectivity index (χ4n) is 4.30. The number of rotatable bonds is 5. The van der Waals surface area contributed by atoms with E-state index in [-0.39, 0.29) is 0 Å². The van der Waals surface area contributed by atoms with Gasteiger partial charge in [0.25, 0.3) is 0 Å². The highest BCUT2D eigenvalue weighted by atomic mass is 19.1. The van der Waals surface area contributed by atoms with Crippen molar-refractivity contribution in [2.75, 3.05) is 13.1 Å². The van der Waals surface area contributed by atoms with Gasteiger partial charge < -0.3 is 4.57 Å². The zero-order valence-electron chi connectivity index (χ0n) is 15.4. The second-order valence-corrected chi connectivity index (χ2v) is 7.98. The van der Waals surface area contributed by atoms with Crippen molar-refractivity contribution in [2.45, 2.75) is 58.0 Å². The van der Waals surface area contributed by atoms with Crippen LogP contribution < -0.4 is 0 Å². The number of halogens is 2. The number of aromatic nitrogens is 2. The molecule has 0 N–H and O–H groups in total. The van der Waals surface area contributed by atoms with Gasteiger partial charge in [-0.1, -0.05) is 12.5 Å². The van der Waals surface area contributed by atoms with Crippen LogP contribution in [-0.4, -0.2) is 27.5 Å². The predicted octanol–water partition coefficient (Wildman–Crippen LogP) is 4.65. The lowest BCUT2D eigenvalue weighted by Crippen LogP contribution is -2.37. The van der Waals surface area contributed by atoms with Gasteiger partial charge in [0.15, 0.2) is 0 Å². The topological polar surface area (TPSA) is 21.1 Å². The quantitative estimate of drug-likeness (QED) is 0.775. The zero-order chi connectivity index (χ0) is 18.1. The zero-order valence-corrected chi connectivity index (χ0v) is 15.4. The van der Waals surface area contributed by atoms with Gasteiger partial charge in [-0.15, -0.1) is 0 Å². The Hall–Kier alpha value is -1.75. The number of imidazole rings is 1. The first kappa shape index (κ1) is 17.7. The molecule has 2 aromatic rings. The first-order valence-electron chi connectivity index (χ1n) is 9.78. The van der Waals surface area contributed by atoms with Crippen LogP contribution in [-0.2, 0) is 13.1 Å². The van der Waals surface area contributed by atoms with E-state index in [1.165, 1.54) is 43.3 Å². The summed E-state index contributed by atoms with van der Waals surface area (Å²) in [5, 5.41) is 0. The molecule has 0 amide bonds. The van der Waals surface area contributed by atoms with E-state index in [9.17, 15) is 8.78 Å². The molecule has 1 unspecified atom stereocenters. The molecule has 4 rings (SSSR count). The van der Waals surface area contributed by atoms with E-state index in [0.717, 1.165) is 32.1 Å². The Morgan fingerprint density at radius 1 is 1.15 bits per heavy atom. The number of hydrogen-bond acceptors (Lipinski definition) is 2. The van der Waals surface area contributed by atoms with Crippen LogP contribution in [0.5, 0.6) is 0 Å². The monoisotopic (exact) mass is 359 g/mol. The molecule has 0 spiro atoms. The fourth-order valence-corrected chi connectivity index (χ4v) is 4.30. The van der Waals surface area contributed by atoms with Gasteiger partial charge in [-0.2, -0.15) is 0 Å². The molecule has 1 saturated heterocycles. The minimum Gasteiger partial charge on any atom is -0.332 e. The van der Waals surface area contributed by atoms with Crippen LogP contribution in [0.3, 0.4) is 0 Å². The number of aryl methyl sites for hydroxylation is 1. The van der Waals surface area contributed by atoms with Crippen molar-refractivity contribution in [3.05, 3.63) is 53.1 Å². The average molecular weight is 359 g/mol. The molecular formula is C21H27F2N3. The van der Waals surface area contributed by atoms with Gasteiger partial charge in [0, 0.05) is 49.1 Å². The maximum atomic E-state index is 14.0. The second kappa shape index (κ2) is 7.47. The van der Waals surface area contributed by atoms with Gasteiger partial charge in [0.05, 0.1) is 0 Å². The molecule has 1 atom stereocenters. The number of hydrogen-bond donors (Lipinski definition) is 0. The first-order chi connectivity index (χ1) is 12.6. The summed E-state index contributed by atoms with van der Waals surface area (Å²) < 4.78 is 29.5. The summed E-state index contributed by atoms with van der Waals surface area (Å²) in [5.41, 5.74) is 1.83. The Bertz CT molecular complexity index is 767. The Morgan fingerprint density at radius 2 is 2.00 bits per heavy atom. The smallest absolute Gasteiger partial charge is 0.130 e. The van der Waals surface area contributed by atoms with Crippen LogP contribution in [0.4, 0.5) is 8.78 Å². The van der Waals surface area contributed by atoms with Crippen LogP contribution in [0, 0.1) is 24.5 Å². The van der Waals surface area contributed by atoms with E-state index in [1.807, 2.05) is 6.20 Å². The van der Waals surface area contributed by atoms with Gasteiger partial charge in [-0.05, 0) is 51.1 Å². The van der Waals surface area contributed by atoms with E-state index in [0.29, 0.717) is 23.9 Å². The highest BCUT2D eigenvalue weighted by Gasteiger charge is 2.27. The third kappa shape index (κ3) is 3.68. The van der Waals surface area contributed by atoms with Crippen LogP contribution >= 0.6 is 0 Å². The van der Waals surface area contributed by atoms with Gasteiger partial charge in [-0.3, -0.25) is 4.90 Å². The van der Waals surface area contributed by atoms with Gasteiger partial charge in [0.1, 0.15) is 17.5 Å². The molecule has 26 heavy (non-hydrogen) atoms. The van der Waals surface area contributed by atoms with Crippen molar-refractivity contribution >= 4 is 0 Å². The average Bonchev–Trinajstić information content (AvgIpc) is 2.90. The minimum atomic E-state index is -0.512. The van der Waals surface area contributed by atoms with Crippen molar-refractivity contribution in [1.29, 1.82) is 0 Å². The summed E-state index contributed by atoms with van der Waals surface area (Å²) in [7, 11) is 0. The lowest BCUT2D eigenvalue weighted by Gasteiger charge is -2.34. The van der Waals surface area contributed by atoms with Crippen molar-refractivity contribution < 1.29 is 8.78 Å². The molecule has 1 aliphatic heterocycles. The minimum absolute atomic E-state index is 0.440. The van der Waals surface area contributed by atoms with Crippen molar-refractivity contribution in [2.24, 2.45) is 5.92 Å². The summed E-state index contributed by atoms with van der Waals surface area (Å²) in [5.74, 6) is 1.50. The van der Waals surface area contributed by atoms with E-state index in [2.05, 4.69) is 21.4 Å². The van der Waals surface area contributed by atoms with Crippen LogP contribution in [0.1, 0.15) is 55.1 Å². The number of nitrogens with zero attached hydrogens (tertiary/aromatic N) is 3. The predicted molar refractivity (Wildman–Crippen MR) is 97.9 cm³/mol. The third-order valence-electron chi connectivity index (χ3n) is 6.01. The molecule has 5 heteroatoms. The van der Waals surface area contributed by atoms with E-state index in [1.54, 1.807) is 6.07 Å². The van der Waals surface area contributed by atoms with Crippen LogP contribution in [0.25, 0.3) is 0 Å². The number of likely N-dealkylation sites (tertiary alicyclic amines) is 1. The summed E-state index contributed by atoms with van der Waals surface area (Å²) in [4.78, 5) is 6.98. The van der Waals surface area contributed by atoms with E-state index >= 15 is 0 Å². The molecule has 1 aromatic carbocycles. The van der Waals surface area contributed by atoms with Crippen molar-refractivity contribution in [3.8, 4) is 0 Å². The summed E-state index contributed by atoms with van der Waals surface area (Å²) in [6.07, 6.45) is 8.16. The maximum absolute atomic E-state index is 14.0. The molecule has 3 nitrogen and oxygen atoms in total. The van der Waals surface area contributed by atoms with Gasteiger partial charge in [0.2, 0.25) is 0 Å². The lowest BCUT2D eigenvalue weighted by molar-refractivity contribution is 0.152. The number of benzene rings is 1. The van der Waals surface area contributed by atoms with E-state index in [4.69, 9.17) is 0 Å². The second-order valence-electron chi connectivity index (χ2n) is 7.98. The first-order valence-corrected chi connectivity index (χ1v) is 9.78. The molecule has 0 bridgehead atoms. The molecule has 1 saturated carbocycles. The SMILES string of the molecule is Cc1cnc(C2CCC2)n1CC1CCCN(Cc2ccc(F)cc2F)C1.